The fraction of sp³-hybridized carbons (Fsp3) is 0. The van der Waals surface area contributed by atoms with E-state index < -0.39 is 65.5 Å². The van der Waals surface area contributed by atoms with Gasteiger partial charge in [0.2, 0.25) is 0 Å². The zero-order valence-corrected chi connectivity index (χ0v) is 22.1. The van der Waals surface area contributed by atoms with Crippen molar-refractivity contribution in [2.75, 3.05) is 0 Å². The minimum Gasteiger partial charge on any atom is -0.454 e. The van der Waals surface area contributed by atoms with E-state index in [1.807, 2.05) is 36.4 Å². The van der Waals surface area contributed by atoms with Crippen molar-refractivity contribution in [2.45, 2.75) is 0 Å². The highest BCUT2D eigenvalue weighted by Gasteiger charge is 2.19. The maximum absolute atomic E-state index is 9.09. The van der Waals surface area contributed by atoms with Crippen molar-refractivity contribution in [2.24, 2.45) is 0 Å². The summed E-state index contributed by atoms with van der Waals surface area (Å²) in [6, 6.07) is 8.20. The lowest BCUT2D eigenvalue weighted by Gasteiger charge is -2.10. The van der Waals surface area contributed by atoms with Gasteiger partial charge in [0, 0.05) is 27.5 Å². The maximum atomic E-state index is 9.09. The van der Waals surface area contributed by atoms with E-state index in [2.05, 4.69) is 9.97 Å². The molecule has 0 aliphatic heterocycles. The van der Waals surface area contributed by atoms with Crippen LogP contribution in [0.1, 0.15) is 17.8 Å². The Balaban J connectivity index is 1.46. The van der Waals surface area contributed by atoms with E-state index in [-0.39, 0.29) is 79.7 Å². The van der Waals surface area contributed by atoms with Crippen LogP contribution in [-0.2, 0) is 0 Å². The van der Waals surface area contributed by atoms with Crippen molar-refractivity contribution in [1.29, 1.82) is 0 Å². The molecule has 0 unspecified atom stereocenters. The summed E-state index contributed by atoms with van der Waals surface area (Å²) >= 11 is 6.44. The summed E-state index contributed by atoms with van der Waals surface area (Å²) < 4.78 is 117. The van der Waals surface area contributed by atoms with Crippen LogP contribution in [0.4, 0.5) is 0 Å². The zero-order valence-electron chi connectivity index (χ0n) is 34.3. The molecule has 0 aliphatic carbocycles. The maximum Gasteiger partial charge on any atom is 0.164 e. The van der Waals surface area contributed by atoms with Gasteiger partial charge >= 0.3 is 0 Å². The molecular weight excluding hydrogens is 538 g/mol. The Bertz CT molecular complexity index is 2950. The third-order valence-electron chi connectivity index (χ3n) is 6.70. The van der Waals surface area contributed by atoms with E-state index in [0.29, 0.717) is 5.56 Å². The molecule has 5 heteroatoms. The van der Waals surface area contributed by atoms with E-state index in [4.69, 9.17) is 38.8 Å². The van der Waals surface area contributed by atoms with Crippen LogP contribution in [0.15, 0.2) is 138 Å². The average Bonchev–Trinajstić information content (AvgIpc) is 3.56. The number of rotatable bonds is 4. The molecule has 8 rings (SSSR count). The Kier molecular flexibility index (Phi) is 3.44. The Labute approximate surface area is 265 Å². The van der Waals surface area contributed by atoms with E-state index in [1.165, 1.54) is 12.1 Å². The van der Waals surface area contributed by atoms with Crippen LogP contribution in [0.3, 0.4) is 0 Å². The minimum atomic E-state index is -0.706. The Morgan fingerprint density at radius 3 is 2.10 bits per heavy atom. The lowest BCUT2D eigenvalue weighted by molar-refractivity contribution is 0.669. The molecule has 2 heterocycles. The molecule has 198 valence electrons. The number of nitrogens with zero attached hydrogens (tertiary/aromatic N) is 3. The summed E-state index contributed by atoms with van der Waals surface area (Å²) in [5, 5.41) is 2.01. The van der Waals surface area contributed by atoms with Crippen molar-refractivity contribution < 1.29 is 22.2 Å². The van der Waals surface area contributed by atoms with Crippen LogP contribution >= 0.6 is 11.6 Å². The fourth-order valence-electron chi connectivity index (χ4n) is 4.74. The van der Waals surface area contributed by atoms with Crippen LogP contribution in [0, 0.1) is 0 Å². The summed E-state index contributed by atoms with van der Waals surface area (Å²) in [6.07, 6.45) is 0. The highest BCUT2D eigenvalue weighted by Crippen LogP contribution is 2.39. The van der Waals surface area contributed by atoms with Crippen molar-refractivity contribution >= 4 is 44.3 Å². The fourth-order valence-corrected chi connectivity index (χ4v) is 4.94. The quantitative estimate of drug-likeness (QED) is 0.210. The molecule has 0 spiro atoms. The van der Waals surface area contributed by atoms with Crippen LogP contribution < -0.4 is 0 Å². The van der Waals surface area contributed by atoms with Crippen molar-refractivity contribution in [3.05, 3.63) is 138 Å². The normalized spacial score (nSPS) is 15.8. The minimum absolute atomic E-state index is 0.00451. The molecule has 8 aromatic rings. The van der Waals surface area contributed by atoms with Crippen LogP contribution in [0.5, 0.6) is 0 Å². The molecule has 0 saturated carbocycles. The average molecular weight is 573 g/mol. The number of para-hydroxylation sites is 1. The topological polar surface area (TPSA) is 51.8 Å². The monoisotopic (exact) mass is 572 g/mol. The molecule has 0 atom stereocenters. The van der Waals surface area contributed by atoms with Gasteiger partial charge in [-0.25, -0.2) is 15.0 Å². The lowest BCUT2D eigenvalue weighted by atomic mass is 10.0. The number of halogens is 1. The number of aromatic nitrogens is 3. The second kappa shape index (κ2) is 9.95. The first-order valence-electron chi connectivity index (χ1n) is 19.2. The van der Waals surface area contributed by atoms with Gasteiger partial charge in [-0.15, -0.1) is 0 Å². The van der Waals surface area contributed by atoms with Gasteiger partial charge in [-0.3, -0.25) is 0 Å². The van der Waals surface area contributed by atoms with Crippen LogP contribution in [0.25, 0.3) is 78.0 Å². The molecule has 0 N–H and O–H groups in total. The highest BCUT2D eigenvalue weighted by molar-refractivity contribution is 6.36. The highest BCUT2D eigenvalue weighted by atomic mass is 35.5. The predicted molar refractivity (Wildman–Crippen MR) is 171 cm³/mol. The predicted octanol–water partition coefficient (Wildman–Crippen LogP) is 10.2. The van der Waals surface area contributed by atoms with Gasteiger partial charge in [0.25, 0.3) is 0 Å². The van der Waals surface area contributed by atoms with Crippen LogP contribution in [-0.4, -0.2) is 15.0 Å². The lowest BCUT2D eigenvalue weighted by Crippen LogP contribution is -2.00. The van der Waals surface area contributed by atoms with Gasteiger partial charge in [-0.1, -0.05) is 127 Å². The van der Waals surface area contributed by atoms with Gasteiger partial charge in [0.05, 0.1) is 22.8 Å². The zero-order chi connectivity index (χ0) is 39.4. The molecule has 0 amide bonds. The molecular formula is C37H22ClN3O. The van der Waals surface area contributed by atoms with Crippen molar-refractivity contribution in [3.63, 3.8) is 0 Å². The Hall–Kier alpha value is -5.32. The van der Waals surface area contributed by atoms with Gasteiger partial charge in [-0.2, -0.15) is 0 Å². The second-order valence-corrected chi connectivity index (χ2v) is 9.60. The van der Waals surface area contributed by atoms with Gasteiger partial charge in [0.1, 0.15) is 5.58 Å². The summed E-state index contributed by atoms with van der Waals surface area (Å²) in [4.78, 5) is 14.0. The number of hydrogen-bond donors (Lipinski definition) is 0. The summed E-state index contributed by atoms with van der Waals surface area (Å²) in [5.74, 6) is -0.418. The van der Waals surface area contributed by atoms with E-state index >= 15 is 0 Å². The number of hydrogen-bond acceptors (Lipinski definition) is 4. The number of furan rings is 1. The third-order valence-corrected chi connectivity index (χ3v) is 6.96. The summed E-state index contributed by atoms with van der Waals surface area (Å²) in [7, 11) is 0. The molecule has 0 saturated heterocycles. The Morgan fingerprint density at radius 2 is 1.26 bits per heavy atom. The first-order valence-corrected chi connectivity index (χ1v) is 13.0. The molecule has 2 aromatic heterocycles. The SMILES string of the molecule is [2H]c1cc2c(oc3c([2H])c([2H])cc(-c4nc(-c5ccc6ccccc6c5)nc(-c5c([2H])c([2H])c(-c6c([2H])c([2H])c([2H])c([2H])c6[2H])c([2H])c5[2H])n4)c32)c(Cl)c1[2H]. The number of benzene rings is 6. The van der Waals surface area contributed by atoms with E-state index in [0.717, 1.165) is 10.8 Å². The molecule has 0 aliphatic rings. The van der Waals surface area contributed by atoms with Crippen molar-refractivity contribution in [1.82, 2.24) is 15.0 Å². The van der Waals surface area contributed by atoms with Gasteiger partial charge < -0.3 is 4.42 Å². The largest absolute Gasteiger partial charge is 0.454 e. The van der Waals surface area contributed by atoms with Crippen LogP contribution in [0.2, 0.25) is 5.02 Å². The molecule has 42 heavy (non-hydrogen) atoms. The third kappa shape index (κ3) is 4.21. The van der Waals surface area contributed by atoms with Gasteiger partial charge in [-0.05, 0) is 40.1 Å². The first kappa shape index (κ1) is 14.5. The van der Waals surface area contributed by atoms with E-state index in [1.54, 1.807) is 6.07 Å². The summed E-state index contributed by atoms with van der Waals surface area (Å²) in [6.45, 7) is 0. The number of fused-ring (bicyclic) bond motifs is 4. The standard InChI is InChI=1S/C37H22ClN3O/c38-31-14-6-12-29-33-30(13-7-15-32(33)42-34(29)31)37-40-35(26-19-16-25(17-20-26)23-8-2-1-3-9-23)39-36(41-37)28-21-18-24-10-4-5-11-27(24)22-28/h1-22H/i1D,2D,3D,6D,7D,8D,9D,14D,15D,16D,17D,19D,20D. The smallest absolute Gasteiger partial charge is 0.164 e. The van der Waals surface area contributed by atoms with Gasteiger partial charge in [0.15, 0.2) is 23.1 Å². The van der Waals surface area contributed by atoms with Crippen molar-refractivity contribution in [3.8, 4) is 45.3 Å². The first-order chi connectivity index (χ1) is 26.1. The summed E-state index contributed by atoms with van der Waals surface area (Å²) in [5.41, 5.74) is -0.882. The molecule has 0 radical (unpaired) electrons. The molecule has 0 fully saturated rings. The molecule has 6 aromatic carbocycles. The molecule has 0 bridgehead atoms. The molecule has 4 nitrogen and oxygen atoms in total. The second-order valence-electron chi connectivity index (χ2n) is 9.22. The van der Waals surface area contributed by atoms with E-state index in [9.17, 15) is 0 Å². The Morgan fingerprint density at radius 1 is 0.571 bits per heavy atom.